The van der Waals surface area contributed by atoms with Crippen molar-refractivity contribution in [3.05, 3.63) is 27.0 Å². The Morgan fingerprint density at radius 3 is 2.74 bits per heavy atom. The lowest BCUT2D eigenvalue weighted by atomic mass is 9.97. The van der Waals surface area contributed by atoms with Gasteiger partial charge in [-0.2, -0.15) is 0 Å². The van der Waals surface area contributed by atoms with Crippen LogP contribution in [0.3, 0.4) is 0 Å². The minimum absolute atomic E-state index is 0.122. The third-order valence-corrected chi connectivity index (χ3v) is 6.72. The van der Waals surface area contributed by atoms with Gasteiger partial charge in [-0.15, -0.1) is 22.7 Å². The highest BCUT2D eigenvalue weighted by Crippen LogP contribution is 2.35. The van der Waals surface area contributed by atoms with E-state index in [2.05, 4.69) is 10.3 Å². The topological polar surface area (TPSA) is 45.2 Å². The summed E-state index contributed by atoms with van der Waals surface area (Å²) in [6.45, 7) is 4.62. The van der Waals surface area contributed by atoms with Crippen LogP contribution >= 0.6 is 34.3 Å². The number of rotatable bonds is 4. The fourth-order valence-electron chi connectivity index (χ4n) is 2.90. The van der Waals surface area contributed by atoms with Crippen molar-refractivity contribution in [1.29, 1.82) is 0 Å². The van der Waals surface area contributed by atoms with Crippen LogP contribution in [-0.2, 0) is 0 Å². The van der Waals surface area contributed by atoms with Gasteiger partial charge in [-0.05, 0) is 51.4 Å². The average molecular weight is 370 g/mol. The molecule has 0 atom stereocenters. The number of hydrogen-bond donors (Lipinski definition) is 1. The first kappa shape index (κ1) is 16.9. The molecule has 7 heteroatoms. The molecule has 2 aromatic rings. The maximum absolute atomic E-state index is 12.8. The second-order valence-corrected chi connectivity index (χ2v) is 8.54. The second kappa shape index (κ2) is 7.30. The summed E-state index contributed by atoms with van der Waals surface area (Å²) in [5, 5.41) is 4.11. The van der Waals surface area contributed by atoms with Crippen LogP contribution in [0.25, 0.3) is 9.88 Å². The highest BCUT2D eigenvalue weighted by Gasteiger charge is 2.26. The molecule has 1 saturated heterocycles. The SMILES string of the molecule is CNCC1CCN(C(=O)c2sc(-c3ccc(Cl)s3)nc2C)CC1. The zero-order chi connectivity index (χ0) is 16.4. The Morgan fingerprint density at radius 2 is 2.13 bits per heavy atom. The summed E-state index contributed by atoms with van der Waals surface area (Å²) in [6, 6.07) is 3.83. The largest absolute Gasteiger partial charge is 0.338 e. The Balaban J connectivity index is 1.72. The Kier molecular flexibility index (Phi) is 5.36. The van der Waals surface area contributed by atoms with Crippen molar-refractivity contribution in [1.82, 2.24) is 15.2 Å². The maximum Gasteiger partial charge on any atom is 0.265 e. The van der Waals surface area contributed by atoms with Gasteiger partial charge in [0.1, 0.15) is 9.88 Å². The Morgan fingerprint density at radius 1 is 1.39 bits per heavy atom. The molecule has 0 bridgehead atoms. The van der Waals surface area contributed by atoms with E-state index in [-0.39, 0.29) is 5.91 Å². The number of thiazole rings is 1. The zero-order valence-corrected chi connectivity index (χ0v) is 15.7. The van der Waals surface area contributed by atoms with Crippen molar-refractivity contribution < 1.29 is 4.79 Å². The molecule has 2 aromatic heterocycles. The minimum Gasteiger partial charge on any atom is -0.338 e. The monoisotopic (exact) mass is 369 g/mol. The molecule has 0 unspecified atom stereocenters. The van der Waals surface area contributed by atoms with Gasteiger partial charge in [-0.3, -0.25) is 4.79 Å². The summed E-state index contributed by atoms with van der Waals surface area (Å²) in [5.41, 5.74) is 0.817. The van der Waals surface area contributed by atoms with Crippen LogP contribution in [0.15, 0.2) is 12.1 Å². The number of nitrogens with one attached hydrogen (secondary N) is 1. The molecule has 4 nitrogen and oxygen atoms in total. The number of likely N-dealkylation sites (tertiary alicyclic amines) is 1. The number of carbonyl (C=O) groups is 1. The van der Waals surface area contributed by atoms with Gasteiger partial charge in [0.25, 0.3) is 5.91 Å². The Hall–Kier alpha value is -0.950. The lowest BCUT2D eigenvalue weighted by Gasteiger charge is -2.31. The number of nitrogens with zero attached hydrogens (tertiary/aromatic N) is 2. The van der Waals surface area contributed by atoms with Crippen molar-refractivity contribution in [2.45, 2.75) is 19.8 Å². The normalized spacial score (nSPS) is 16.0. The summed E-state index contributed by atoms with van der Waals surface area (Å²) in [6.07, 6.45) is 2.13. The van der Waals surface area contributed by atoms with E-state index in [0.29, 0.717) is 5.92 Å². The van der Waals surface area contributed by atoms with Gasteiger partial charge in [-0.25, -0.2) is 4.98 Å². The number of piperidine rings is 1. The summed E-state index contributed by atoms with van der Waals surface area (Å²) < 4.78 is 0.743. The molecular formula is C16H20ClN3OS2. The van der Waals surface area contributed by atoms with Crippen LogP contribution < -0.4 is 5.32 Å². The van der Waals surface area contributed by atoms with Gasteiger partial charge in [0, 0.05) is 13.1 Å². The van der Waals surface area contributed by atoms with E-state index >= 15 is 0 Å². The minimum atomic E-state index is 0.122. The number of hydrogen-bond acceptors (Lipinski definition) is 5. The number of amides is 1. The molecule has 0 aliphatic carbocycles. The number of carbonyl (C=O) groups excluding carboxylic acids is 1. The first-order chi connectivity index (χ1) is 11.1. The van der Waals surface area contributed by atoms with Crippen LogP contribution in [0.5, 0.6) is 0 Å². The van der Waals surface area contributed by atoms with Crippen LogP contribution in [0.4, 0.5) is 0 Å². The molecule has 1 aliphatic heterocycles. The first-order valence-corrected chi connectivity index (χ1v) is 9.76. The Labute approximate surface area is 149 Å². The molecule has 23 heavy (non-hydrogen) atoms. The molecule has 1 aliphatic rings. The predicted octanol–water partition coefficient (Wildman–Crippen LogP) is 3.91. The predicted molar refractivity (Wildman–Crippen MR) is 97.7 cm³/mol. The molecule has 1 fully saturated rings. The molecular weight excluding hydrogens is 350 g/mol. The molecule has 3 heterocycles. The van der Waals surface area contributed by atoms with Crippen molar-refractivity contribution in [2.24, 2.45) is 5.92 Å². The van der Waals surface area contributed by atoms with Crippen LogP contribution in [0.2, 0.25) is 4.34 Å². The summed E-state index contributed by atoms with van der Waals surface area (Å²) >= 11 is 8.97. The molecule has 1 amide bonds. The standard InChI is InChI=1S/C16H20ClN3OS2/c1-10-14(23-15(19-10)12-3-4-13(17)22-12)16(21)20-7-5-11(6-8-20)9-18-2/h3-4,11,18H,5-9H2,1-2H3. The third-order valence-electron chi connectivity index (χ3n) is 4.17. The molecule has 3 rings (SSSR count). The molecule has 0 spiro atoms. The lowest BCUT2D eigenvalue weighted by molar-refractivity contribution is 0.0695. The summed E-state index contributed by atoms with van der Waals surface area (Å²) in [4.78, 5) is 21.1. The highest BCUT2D eigenvalue weighted by atomic mass is 35.5. The van der Waals surface area contributed by atoms with E-state index < -0.39 is 0 Å². The fraction of sp³-hybridized carbons (Fsp3) is 0.500. The molecule has 0 radical (unpaired) electrons. The van der Waals surface area contributed by atoms with Crippen molar-refractivity contribution in [3.8, 4) is 9.88 Å². The van der Waals surface area contributed by atoms with E-state index in [4.69, 9.17) is 11.6 Å². The van der Waals surface area contributed by atoms with Crippen LogP contribution in [0.1, 0.15) is 28.2 Å². The van der Waals surface area contributed by atoms with Gasteiger partial charge in [0.2, 0.25) is 0 Å². The number of thiophene rings is 1. The van der Waals surface area contributed by atoms with E-state index in [0.717, 1.165) is 57.3 Å². The van der Waals surface area contributed by atoms with Crippen LogP contribution in [-0.4, -0.2) is 42.5 Å². The van der Waals surface area contributed by atoms with Crippen molar-refractivity contribution in [2.75, 3.05) is 26.7 Å². The van der Waals surface area contributed by atoms with Gasteiger partial charge in [0.15, 0.2) is 0 Å². The van der Waals surface area contributed by atoms with Crippen LogP contribution in [0, 0.1) is 12.8 Å². The number of halogens is 1. The van der Waals surface area contributed by atoms with Crippen molar-refractivity contribution >= 4 is 40.2 Å². The highest BCUT2D eigenvalue weighted by molar-refractivity contribution is 7.24. The van der Waals surface area contributed by atoms with Crippen molar-refractivity contribution in [3.63, 3.8) is 0 Å². The van der Waals surface area contributed by atoms with E-state index in [1.165, 1.54) is 22.7 Å². The number of aromatic nitrogens is 1. The average Bonchev–Trinajstić information content (AvgIpc) is 3.14. The second-order valence-electron chi connectivity index (χ2n) is 5.83. The van der Waals surface area contributed by atoms with E-state index in [9.17, 15) is 4.79 Å². The maximum atomic E-state index is 12.8. The molecule has 0 saturated carbocycles. The van der Waals surface area contributed by atoms with Gasteiger partial charge in [-0.1, -0.05) is 11.6 Å². The number of aryl methyl sites for hydroxylation is 1. The molecule has 124 valence electrons. The fourth-order valence-corrected chi connectivity index (χ4v) is 5.03. The van der Waals surface area contributed by atoms with Gasteiger partial charge < -0.3 is 10.2 Å². The smallest absolute Gasteiger partial charge is 0.265 e. The van der Waals surface area contributed by atoms with Gasteiger partial charge >= 0.3 is 0 Å². The quantitative estimate of drug-likeness (QED) is 0.888. The third kappa shape index (κ3) is 3.76. The van der Waals surface area contributed by atoms with E-state index in [1.54, 1.807) is 0 Å². The first-order valence-electron chi connectivity index (χ1n) is 7.75. The Bertz CT molecular complexity index is 689. The summed E-state index contributed by atoms with van der Waals surface area (Å²) in [7, 11) is 1.98. The van der Waals surface area contributed by atoms with Gasteiger partial charge in [0.05, 0.1) is 14.9 Å². The lowest BCUT2D eigenvalue weighted by Crippen LogP contribution is -2.40. The molecule has 0 aromatic carbocycles. The zero-order valence-electron chi connectivity index (χ0n) is 13.3. The molecule has 1 N–H and O–H groups in total. The summed E-state index contributed by atoms with van der Waals surface area (Å²) in [5.74, 6) is 0.798. The van der Waals surface area contributed by atoms with E-state index in [1.807, 2.05) is 31.0 Å².